The highest BCUT2D eigenvalue weighted by Crippen LogP contribution is 1.95. The standard InChI is InChI=1S/C9H16N4O2S/c1-8-5-12-9(6-11-8)7-13-16(14,15)4-3-10-2/h5-6,10,13H,3-4,7H2,1-2H3. The van der Waals surface area contributed by atoms with Crippen LogP contribution < -0.4 is 10.0 Å². The molecule has 7 heteroatoms. The van der Waals surface area contributed by atoms with Crippen LogP contribution in [0.25, 0.3) is 0 Å². The normalized spacial score (nSPS) is 11.6. The van der Waals surface area contributed by atoms with Gasteiger partial charge in [-0.2, -0.15) is 0 Å². The van der Waals surface area contributed by atoms with E-state index in [9.17, 15) is 8.42 Å². The summed E-state index contributed by atoms with van der Waals surface area (Å²) in [6.45, 7) is 2.43. The molecule has 0 fully saturated rings. The monoisotopic (exact) mass is 244 g/mol. The van der Waals surface area contributed by atoms with Gasteiger partial charge in [0.1, 0.15) is 0 Å². The van der Waals surface area contributed by atoms with Crippen molar-refractivity contribution in [2.24, 2.45) is 0 Å². The number of rotatable bonds is 6. The first-order chi connectivity index (χ1) is 7.53. The molecule has 1 aromatic heterocycles. The number of aryl methyl sites for hydroxylation is 1. The number of aromatic nitrogens is 2. The number of nitrogens with zero attached hydrogens (tertiary/aromatic N) is 2. The van der Waals surface area contributed by atoms with E-state index >= 15 is 0 Å². The summed E-state index contributed by atoms with van der Waals surface area (Å²) in [5, 5.41) is 2.78. The van der Waals surface area contributed by atoms with Crippen molar-refractivity contribution in [1.29, 1.82) is 0 Å². The van der Waals surface area contributed by atoms with Crippen molar-refractivity contribution in [3.05, 3.63) is 23.8 Å². The van der Waals surface area contributed by atoms with Gasteiger partial charge in [-0.1, -0.05) is 0 Å². The minimum atomic E-state index is -3.23. The summed E-state index contributed by atoms with van der Waals surface area (Å²) in [5.74, 6) is 0.0583. The average Bonchev–Trinajstić information content (AvgIpc) is 2.26. The molecule has 0 aliphatic carbocycles. The van der Waals surface area contributed by atoms with Gasteiger partial charge >= 0.3 is 0 Å². The number of sulfonamides is 1. The molecule has 0 radical (unpaired) electrons. The molecule has 6 nitrogen and oxygen atoms in total. The zero-order chi connectivity index (χ0) is 12.0. The smallest absolute Gasteiger partial charge is 0.213 e. The average molecular weight is 244 g/mol. The Morgan fingerprint density at radius 3 is 2.62 bits per heavy atom. The summed E-state index contributed by atoms with van der Waals surface area (Å²) in [5.41, 5.74) is 1.42. The van der Waals surface area contributed by atoms with Gasteiger partial charge in [0.05, 0.1) is 29.9 Å². The first kappa shape index (κ1) is 13.0. The van der Waals surface area contributed by atoms with Crippen LogP contribution in [0.5, 0.6) is 0 Å². The van der Waals surface area contributed by atoms with Crippen molar-refractivity contribution in [2.45, 2.75) is 13.5 Å². The Bertz CT molecular complexity index is 416. The van der Waals surface area contributed by atoms with Gasteiger partial charge in [-0.3, -0.25) is 9.97 Å². The van der Waals surface area contributed by atoms with Crippen LogP contribution in [0.1, 0.15) is 11.4 Å². The molecule has 2 N–H and O–H groups in total. The molecular weight excluding hydrogens is 228 g/mol. The topological polar surface area (TPSA) is 84.0 Å². The lowest BCUT2D eigenvalue weighted by Crippen LogP contribution is -2.30. The molecule has 0 saturated heterocycles. The van der Waals surface area contributed by atoms with Gasteiger partial charge in [0.2, 0.25) is 10.0 Å². The van der Waals surface area contributed by atoms with Gasteiger partial charge in [0, 0.05) is 12.7 Å². The first-order valence-corrected chi connectivity index (χ1v) is 6.58. The fourth-order valence-corrected chi connectivity index (χ4v) is 1.99. The second-order valence-electron chi connectivity index (χ2n) is 3.39. The second-order valence-corrected chi connectivity index (χ2v) is 5.32. The SMILES string of the molecule is CNCCS(=O)(=O)NCc1cnc(C)cn1. The van der Waals surface area contributed by atoms with Crippen molar-refractivity contribution in [3.63, 3.8) is 0 Å². The Morgan fingerprint density at radius 2 is 2.06 bits per heavy atom. The predicted octanol–water partition coefficient (Wildman–Crippen LogP) is -0.576. The zero-order valence-electron chi connectivity index (χ0n) is 9.40. The number of hydrogen-bond acceptors (Lipinski definition) is 5. The highest BCUT2D eigenvalue weighted by molar-refractivity contribution is 7.89. The van der Waals surface area contributed by atoms with Gasteiger partial charge in [0.25, 0.3) is 0 Å². The van der Waals surface area contributed by atoms with Gasteiger partial charge in [-0.15, -0.1) is 0 Å². The summed E-state index contributed by atoms with van der Waals surface area (Å²) >= 11 is 0. The van der Waals surface area contributed by atoms with Crippen LogP contribution in [0, 0.1) is 6.92 Å². The van der Waals surface area contributed by atoms with Gasteiger partial charge in [0.15, 0.2) is 0 Å². The Kier molecular flexibility index (Phi) is 4.78. The molecule has 0 aromatic carbocycles. The molecule has 0 saturated carbocycles. The van der Waals surface area contributed by atoms with E-state index < -0.39 is 10.0 Å². The molecular formula is C9H16N4O2S. The molecule has 0 atom stereocenters. The Balaban J connectivity index is 2.48. The molecule has 16 heavy (non-hydrogen) atoms. The van der Waals surface area contributed by atoms with E-state index in [1.165, 1.54) is 0 Å². The lowest BCUT2D eigenvalue weighted by atomic mass is 10.4. The summed E-state index contributed by atoms with van der Waals surface area (Å²) in [6, 6.07) is 0. The molecule has 0 unspecified atom stereocenters. The van der Waals surface area contributed by atoms with Gasteiger partial charge in [-0.25, -0.2) is 13.1 Å². The van der Waals surface area contributed by atoms with E-state index in [2.05, 4.69) is 20.0 Å². The molecule has 1 rings (SSSR count). The largest absolute Gasteiger partial charge is 0.319 e. The van der Waals surface area contributed by atoms with Crippen LogP contribution in [0.15, 0.2) is 12.4 Å². The Morgan fingerprint density at radius 1 is 1.31 bits per heavy atom. The third-order valence-electron chi connectivity index (χ3n) is 1.93. The summed E-state index contributed by atoms with van der Waals surface area (Å²) in [7, 11) is -1.52. The predicted molar refractivity (Wildman–Crippen MR) is 61.3 cm³/mol. The summed E-state index contributed by atoms with van der Waals surface area (Å²) in [6.07, 6.45) is 3.17. The quantitative estimate of drug-likeness (QED) is 0.699. The van der Waals surface area contributed by atoms with E-state index in [4.69, 9.17) is 0 Å². The van der Waals surface area contributed by atoms with E-state index in [-0.39, 0.29) is 12.3 Å². The summed E-state index contributed by atoms with van der Waals surface area (Å²) < 4.78 is 25.3. The highest BCUT2D eigenvalue weighted by Gasteiger charge is 2.09. The molecule has 1 aromatic rings. The lowest BCUT2D eigenvalue weighted by Gasteiger charge is -2.05. The highest BCUT2D eigenvalue weighted by atomic mass is 32.2. The van der Waals surface area contributed by atoms with E-state index in [0.717, 1.165) is 5.69 Å². The minimum absolute atomic E-state index is 0.0583. The van der Waals surface area contributed by atoms with Crippen molar-refractivity contribution < 1.29 is 8.42 Å². The maximum Gasteiger partial charge on any atom is 0.213 e. The zero-order valence-corrected chi connectivity index (χ0v) is 10.2. The van der Waals surface area contributed by atoms with Crippen LogP contribution >= 0.6 is 0 Å². The van der Waals surface area contributed by atoms with E-state index in [1.54, 1.807) is 19.4 Å². The van der Waals surface area contributed by atoms with Crippen LogP contribution in [-0.4, -0.2) is 37.7 Å². The number of nitrogens with one attached hydrogen (secondary N) is 2. The third-order valence-corrected chi connectivity index (χ3v) is 3.25. The van der Waals surface area contributed by atoms with Crippen LogP contribution in [0.2, 0.25) is 0 Å². The van der Waals surface area contributed by atoms with Crippen molar-refractivity contribution in [1.82, 2.24) is 20.0 Å². The van der Waals surface area contributed by atoms with Gasteiger partial charge in [-0.05, 0) is 14.0 Å². The van der Waals surface area contributed by atoms with Crippen molar-refractivity contribution >= 4 is 10.0 Å². The van der Waals surface area contributed by atoms with E-state index in [0.29, 0.717) is 12.2 Å². The van der Waals surface area contributed by atoms with Crippen molar-refractivity contribution in [3.8, 4) is 0 Å². The fraction of sp³-hybridized carbons (Fsp3) is 0.556. The van der Waals surface area contributed by atoms with Crippen molar-refractivity contribution in [2.75, 3.05) is 19.3 Å². The van der Waals surface area contributed by atoms with Gasteiger partial charge < -0.3 is 5.32 Å². The molecule has 0 bridgehead atoms. The molecule has 0 spiro atoms. The lowest BCUT2D eigenvalue weighted by molar-refractivity contribution is 0.578. The first-order valence-electron chi connectivity index (χ1n) is 4.93. The Labute approximate surface area is 95.6 Å². The maximum atomic E-state index is 11.4. The minimum Gasteiger partial charge on any atom is -0.319 e. The maximum absolute atomic E-state index is 11.4. The molecule has 90 valence electrons. The van der Waals surface area contributed by atoms with Crippen LogP contribution in [0.4, 0.5) is 0 Å². The number of hydrogen-bond donors (Lipinski definition) is 2. The fourth-order valence-electron chi connectivity index (χ4n) is 1.00. The summed E-state index contributed by atoms with van der Waals surface area (Å²) in [4.78, 5) is 8.09. The van der Waals surface area contributed by atoms with E-state index in [1.807, 2.05) is 6.92 Å². The third kappa shape index (κ3) is 4.65. The van der Waals surface area contributed by atoms with Crippen LogP contribution in [0.3, 0.4) is 0 Å². The molecule has 0 amide bonds. The molecule has 0 aliphatic heterocycles. The van der Waals surface area contributed by atoms with Crippen LogP contribution in [-0.2, 0) is 16.6 Å². The molecule has 1 heterocycles. The second kappa shape index (κ2) is 5.88. The Hall–Kier alpha value is -1.05. The molecule has 0 aliphatic rings.